The normalized spacial score (nSPS) is 19.6. The largest absolute Gasteiger partial charge is 0.494 e. The third kappa shape index (κ3) is 1.92. The molecule has 1 saturated heterocycles. The summed E-state index contributed by atoms with van der Waals surface area (Å²) >= 11 is 0. The van der Waals surface area contributed by atoms with Gasteiger partial charge in [-0.25, -0.2) is 4.79 Å². The van der Waals surface area contributed by atoms with Crippen LogP contribution in [0.1, 0.15) is 18.5 Å². The van der Waals surface area contributed by atoms with Crippen molar-refractivity contribution >= 4 is 11.9 Å². The summed E-state index contributed by atoms with van der Waals surface area (Å²) in [5, 5.41) is 0. The molecule has 5 heteroatoms. The molecule has 0 radical (unpaired) electrons. The molecule has 2 rings (SSSR count). The van der Waals surface area contributed by atoms with Crippen molar-refractivity contribution in [3.8, 4) is 5.75 Å². The molecular weight excluding hydrogens is 232 g/mol. The molecule has 0 bridgehead atoms. The SMILES string of the molecule is CCOc1cccc(C2C(=O)N(C)C(=O)N2C)c1. The van der Waals surface area contributed by atoms with E-state index in [4.69, 9.17) is 4.74 Å². The Labute approximate surface area is 106 Å². The van der Waals surface area contributed by atoms with Crippen LogP contribution >= 0.6 is 0 Å². The van der Waals surface area contributed by atoms with Crippen molar-refractivity contribution in [3.05, 3.63) is 29.8 Å². The van der Waals surface area contributed by atoms with Crippen molar-refractivity contribution in [2.45, 2.75) is 13.0 Å². The van der Waals surface area contributed by atoms with Crippen molar-refractivity contribution in [1.82, 2.24) is 9.80 Å². The van der Waals surface area contributed by atoms with Gasteiger partial charge in [-0.3, -0.25) is 9.69 Å². The number of imide groups is 1. The highest BCUT2D eigenvalue weighted by Gasteiger charge is 2.41. The van der Waals surface area contributed by atoms with Crippen LogP contribution < -0.4 is 4.74 Å². The molecule has 5 nitrogen and oxygen atoms in total. The molecule has 0 spiro atoms. The van der Waals surface area contributed by atoms with E-state index in [2.05, 4.69) is 0 Å². The third-order valence-electron chi connectivity index (χ3n) is 3.03. The number of hydrogen-bond acceptors (Lipinski definition) is 3. The van der Waals surface area contributed by atoms with E-state index in [0.717, 1.165) is 10.5 Å². The Balaban J connectivity index is 2.34. The molecule has 0 N–H and O–H groups in total. The lowest BCUT2D eigenvalue weighted by Gasteiger charge is -2.17. The average molecular weight is 248 g/mol. The summed E-state index contributed by atoms with van der Waals surface area (Å²) in [7, 11) is 3.12. The van der Waals surface area contributed by atoms with Gasteiger partial charge in [0.05, 0.1) is 6.61 Å². The molecule has 1 aromatic carbocycles. The lowest BCUT2D eigenvalue weighted by molar-refractivity contribution is -0.127. The van der Waals surface area contributed by atoms with Gasteiger partial charge < -0.3 is 9.64 Å². The Bertz CT molecular complexity index is 487. The molecule has 1 fully saturated rings. The quantitative estimate of drug-likeness (QED) is 0.764. The number of carbonyl (C=O) groups is 2. The Hall–Kier alpha value is -2.04. The van der Waals surface area contributed by atoms with E-state index >= 15 is 0 Å². The molecule has 1 heterocycles. The monoisotopic (exact) mass is 248 g/mol. The number of hydrogen-bond donors (Lipinski definition) is 0. The van der Waals surface area contributed by atoms with Crippen molar-refractivity contribution in [1.29, 1.82) is 0 Å². The van der Waals surface area contributed by atoms with Crippen LogP contribution in [0.5, 0.6) is 5.75 Å². The van der Waals surface area contributed by atoms with Crippen LogP contribution in [0.25, 0.3) is 0 Å². The number of nitrogens with zero attached hydrogens (tertiary/aromatic N) is 2. The fourth-order valence-corrected chi connectivity index (χ4v) is 2.10. The predicted octanol–water partition coefficient (Wildman–Crippen LogP) is 1.65. The van der Waals surface area contributed by atoms with Gasteiger partial charge in [0.1, 0.15) is 11.8 Å². The van der Waals surface area contributed by atoms with Crippen LogP contribution in [-0.4, -0.2) is 42.4 Å². The molecule has 0 aromatic heterocycles. The predicted molar refractivity (Wildman–Crippen MR) is 66.3 cm³/mol. The standard InChI is InChI=1S/C13H16N2O3/c1-4-18-10-7-5-6-9(8-10)11-12(16)15(3)13(17)14(11)2/h5-8,11H,4H2,1-3H3. The molecule has 18 heavy (non-hydrogen) atoms. The maximum absolute atomic E-state index is 12.0. The van der Waals surface area contributed by atoms with E-state index in [0.29, 0.717) is 12.4 Å². The molecule has 1 aliphatic heterocycles. The number of rotatable bonds is 3. The first-order chi connectivity index (χ1) is 8.56. The first kappa shape index (κ1) is 12.4. The maximum Gasteiger partial charge on any atom is 0.327 e. The Morgan fingerprint density at radius 3 is 2.56 bits per heavy atom. The second-order valence-corrected chi connectivity index (χ2v) is 4.20. The molecule has 1 atom stereocenters. The van der Waals surface area contributed by atoms with Crippen LogP contribution in [0.2, 0.25) is 0 Å². The minimum absolute atomic E-state index is 0.212. The van der Waals surface area contributed by atoms with Gasteiger partial charge in [-0.2, -0.15) is 0 Å². The zero-order valence-electron chi connectivity index (χ0n) is 10.7. The number of likely N-dealkylation sites (N-methyl/N-ethyl adjacent to an activating group) is 2. The average Bonchev–Trinajstić information content (AvgIpc) is 2.55. The molecule has 1 unspecified atom stereocenters. The summed E-state index contributed by atoms with van der Waals surface area (Å²) in [4.78, 5) is 26.3. The Morgan fingerprint density at radius 2 is 2.00 bits per heavy atom. The van der Waals surface area contributed by atoms with Crippen LogP contribution in [0, 0.1) is 0 Å². The molecule has 1 aliphatic rings. The van der Waals surface area contributed by atoms with Crippen molar-refractivity contribution < 1.29 is 14.3 Å². The van der Waals surface area contributed by atoms with Gasteiger partial charge in [0.15, 0.2) is 0 Å². The number of amides is 3. The number of ether oxygens (including phenoxy) is 1. The molecule has 0 saturated carbocycles. The van der Waals surface area contributed by atoms with Gasteiger partial charge in [-0.1, -0.05) is 12.1 Å². The number of urea groups is 1. The highest BCUT2D eigenvalue weighted by atomic mass is 16.5. The van der Waals surface area contributed by atoms with Crippen LogP contribution in [0.4, 0.5) is 4.79 Å². The summed E-state index contributed by atoms with van der Waals surface area (Å²) in [6.07, 6.45) is 0. The van der Waals surface area contributed by atoms with Gasteiger partial charge in [0, 0.05) is 14.1 Å². The molecule has 1 aromatic rings. The van der Waals surface area contributed by atoms with Gasteiger partial charge in [-0.15, -0.1) is 0 Å². The van der Waals surface area contributed by atoms with E-state index in [-0.39, 0.29) is 11.9 Å². The van der Waals surface area contributed by atoms with Crippen molar-refractivity contribution in [2.24, 2.45) is 0 Å². The first-order valence-electron chi connectivity index (χ1n) is 5.83. The maximum atomic E-state index is 12.0. The minimum atomic E-state index is -0.553. The third-order valence-corrected chi connectivity index (χ3v) is 3.03. The van der Waals surface area contributed by atoms with E-state index in [1.807, 2.05) is 25.1 Å². The molecule has 3 amide bonds. The Kier molecular flexibility index (Phi) is 3.23. The molecular formula is C13H16N2O3. The second-order valence-electron chi connectivity index (χ2n) is 4.20. The first-order valence-corrected chi connectivity index (χ1v) is 5.83. The number of carbonyl (C=O) groups excluding carboxylic acids is 2. The molecule has 96 valence electrons. The van der Waals surface area contributed by atoms with E-state index < -0.39 is 6.04 Å². The lowest BCUT2D eigenvalue weighted by Crippen LogP contribution is -2.27. The summed E-state index contributed by atoms with van der Waals surface area (Å²) in [5.74, 6) is 0.495. The fraction of sp³-hybridized carbons (Fsp3) is 0.385. The zero-order valence-corrected chi connectivity index (χ0v) is 10.7. The highest BCUT2D eigenvalue weighted by Crippen LogP contribution is 2.30. The zero-order chi connectivity index (χ0) is 13.3. The van der Waals surface area contributed by atoms with Gasteiger partial charge in [0.2, 0.25) is 0 Å². The lowest BCUT2D eigenvalue weighted by atomic mass is 10.1. The second kappa shape index (κ2) is 4.68. The summed E-state index contributed by atoms with van der Waals surface area (Å²) in [6.45, 7) is 2.47. The van der Waals surface area contributed by atoms with Gasteiger partial charge in [-0.05, 0) is 24.6 Å². The van der Waals surface area contributed by atoms with Gasteiger partial charge in [0.25, 0.3) is 5.91 Å². The van der Waals surface area contributed by atoms with Crippen LogP contribution in [0.3, 0.4) is 0 Å². The summed E-state index contributed by atoms with van der Waals surface area (Å²) in [5.41, 5.74) is 0.770. The molecule has 0 aliphatic carbocycles. The summed E-state index contributed by atoms with van der Waals surface area (Å²) < 4.78 is 5.40. The minimum Gasteiger partial charge on any atom is -0.494 e. The van der Waals surface area contributed by atoms with Crippen LogP contribution in [0.15, 0.2) is 24.3 Å². The smallest absolute Gasteiger partial charge is 0.327 e. The van der Waals surface area contributed by atoms with Gasteiger partial charge >= 0.3 is 6.03 Å². The topological polar surface area (TPSA) is 49.9 Å². The highest BCUT2D eigenvalue weighted by molar-refractivity contribution is 6.04. The van der Waals surface area contributed by atoms with Crippen molar-refractivity contribution in [2.75, 3.05) is 20.7 Å². The van der Waals surface area contributed by atoms with Crippen molar-refractivity contribution in [3.63, 3.8) is 0 Å². The summed E-state index contributed by atoms with van der Waals surface area (Å²) in [6, 6.07) is 6.44. The van der Waals surface area contributed by atoms with E-state index in [1.165, 1.54) is 11.9 Å². The Morgan fingerprint density at radius 1 is 1.28 bits per heavy atom. The van der Waals surface area contributed by atoms with E-state index in [9.17, 15) is 9.59 Å². The number of benzene rings is 1. The fourth-order valence-electron chi connectivity index (χ4n) is 2.10. The van der Waals surface area contributed by atoms with E-state index in [1.54, 1.807) is 13.1 Å². The van der Waals surface area contributed by atoms with Crippen LogP contribution in [-0.2, 0) is 4.79 Å².